The number of fused-ring (bicyclic) bond motifs is 1. The van der Waals surface area contributed by atoms with E-state index in [1.165, 1.54) is 12.1 Å². The molecule has 8 nitrogen and oxygen atoms in total. The summed E-state index contributed by atoms with van der Waals surface area (Å²) in [6, 6.07) is 4.33. The summed E-state index contributed by atoms with van der Waals surface area (Å²) in [5.74, 6) is 3.11. The molecule has 0 fully saturated rings. The number of anilines is 2. The predicted molar refractivity (Wildman–Crippen MR) is 75.0 cm³/mol. The largest absolute Gasteiger partial charge is 0.505 e. The average Bonchev–Trinajstić information content (AvgIpc) is 2.39. The van der Waals surface area contributed by atoms with Gasteiger partial charge in [0.15, 0.2) is 0 Å². The number of aryl methyl sites for hydroxylation is 1. The number of rotatable bonds is 1. The van der Waals surface area contributed by atoms with Crippen molar-refractivity contribution in [1.82, 2.24) is 0 Å². The number of phenolic OH excluding ortho intramolecular Hbond substituents is 1. The zero-order chi connectivity index (χ0) is 15.7. The Balaban J connectivity index is 0.000000956. The topological polar surface area (TPSA) is 173 Å². The van der Waals surface area contributed by atoms with E-state index in [1.807, 2.05) is 0 Å². The molecule has 0 radical (unpaired) electrons. The second-order valence-electron chi connectivity index (χ2n) is 3.99. The number of benzene rings is 2. The van der Waals surface area contributed by atoms with E-state index in [-0.39, 0.29) is 11.4 Å². The van der Waals surface area contributed by atoms with Crippen LogP contribution in [0.4, 0.5) is 11.4 Å². The van der Waals surface area contributed by atoms with Crippen molar-refractivity contribution in [2.24, 2.45) is 5.90 Å². The van der Waals surface area contributed by atoms with E-state index in [0.717, 1.165) is 0 Å². The van der Waals surface area contributed by atoms with Crippen LogP contribution in [-0.2, 0) is 10.1 Å². The number of hydrogen-bond donors (Lipinski definition) is 6. The summed E-state index contributed by atoms with van der Waals surface area (Å²) in [6.07, 6.45) is 0. The molecule has 0 aliphatic rings. The molecule has 0 heterocycles. The minimum Gasteiger partial charge on any atom is -0.505 e. The quantitative estimate of drug-likeness (QED) is 0.192. The average molecular weight is 301 g/mol. The van der Waals surface area contributed by atoms with Gasteiger partial charge in [-0.1, -0.05) is 0 Å². The zero-order valence-electron chi connectivity index (χ0n) is 10.5. The van der Waals surface area contributed by atoms with E-state index < -0.39 is 15.0 Å². The Hall–Kier alpha value is -2.07. The van der Waals surface area contributed by atoms with Gasteiger partial charge in [0.05, 0.1) is 5.69 Å². The van der Waals surface area contributed by atoms with E-state index in [2.05, 4.69) is 5.90 Å². The summed E-state index contributed by atoms with van der Waals surface area (Å²) >= 11 is 0. The highest BCUT2D eigenvalue weighted by Crippen LogP contribution is 2.38. The lowest BCUT2D eigenvalue weighted by molar-refractivity contribution is 0.311. The molecule has 0 aliphatic heterocycles. The Labute approximate surface area is 115 Å². The fourth-order valence-corrected chi connectivity index (χ4v) is 2.46. The van der Waals surface area contributed by atoms with Crippen molar-refractivity contribution < 1.29 is 23.3 Å². The van der Waals surface area contributed by atoms with Gasteiger partial charge in [-0.05, 0) is 36.1 Å². The highest BCUT2D eigenvalue weighted by molar-refractivity contribution is 7.86. The summed E-state index contributed by atoms with van der Waals surface area (Å²) in [5, 5.41) is 17.2. The summed E-state index contributed by atoms with van der Waals surface area (Å²) in [7, 11) is -4.50. The smallest absolute Gasteiger partial charge is 0.296 e. The fraction of sp³-hybridized carbons (Fsp3) is 0.0909. The van der Waals surface area contributed by atoms with E-state index >= 15 is 0 Å². The Kier molecular flexibility index (Phi) is 4.40. The van der Waals surface area contributed by atoms with Gasteiger partial charge in [-0.15, -0.1) is 0 Å². The maximum Gasteiger partial charge on any atom is 0.296 e. The first-order valence-corrected chi connectivity index (χ1v) is 6.71. The molecular weight excluding hydrogens is 286 g/mol. The number of nitrogen functional groups attached to an aromatic ring is 2. The Morgan fingerprint density at radius 3 is 2.15 bits per heavy atom. The lowest BCUT2D eigenvalue weighted by Crippen LogP contribution is -2.04. The van der Waals surface area contributed by atoms with Gasteiger partial charge < -0.3 is 21.8 Å². The van der Waals surface area contributed by atoms with Gasteiger partial charge in [0.25, 0.3) is 10.1 Å². The first-order chi connectivity index (χ1) is 9.23. The van der Waals surface area contributed by atoms with Crippen LogP contribution in [0.1, 0.15) is 5.56 Å². The number of hydrogen-bond acceptors (Lipinski definition) is 7. The van der Waals surface area contributed by atoms with Crippen LogP contribution in [0.25, 0.3) is 10.8 Å². The SMILES string of the molecule is Cc1c(N)ccc2c(O)c(N)c(S(=O)(=O)O)cc12.NO. The summed E-state index contributed by atoms with van der Waals surface area (Å²) in [5.41, 5.74) is 11.9. The van der Waals surface area contributed by atoms with Crippen LogP contribution in [0.3, 0.4) is 0 Å². The maximum absolute atomic E-state index is 11.2. The van der Waals surface area contributed by atoms with Crippen LogP contribution in [0.5, 0.6) is 5.75 Å². The maximum atomic E-state index is 11.2. The highest BCUT2D eigenvalue weighted by Gasteiger charge is 2.20. The summed E-state index contributed by atoms with van der Waals surface area (Å²) in [4.78, 5) is -0.527. The molecule has 0 amide bonds. The molecule has 9 N–H and O–H groups in total. The molecule has 0 saturated heterocycles. The third-order valence-electron chi connectivity index (χ3n) is 2.89. The standard InChI is InChI=1S/C11H12N2O4S.H3NO/c1-5-7-4-9(18(15,16)17)10(13)11(14)6(7)2-3-8(5)12;1-2/h2-4,14H,12-13H2,1H3,(H,15,16,17);2H,1H2. The van der Waals surface area contributed by atoms with Crippen molar-refractivity contribution in [2.45, 2.75) is 11.8 Å². The van der Waals surface area contributed by atoms with Crippen molar-refractivity contribution in [3.05, 3.63) is 23.8 Å². The van der Waals surface area contributed by atoms with Crippen molar-refractivity contribution >= 4 is 32.3 Å². The molecule has 0 unspecified atom stereocenters. The molecule has 20 heavy (non-hydrogen) atoms. The molecule has 110 valence electrons. The lowest BCUT2D eigenvalue weighted by atomic mass is 10.0. The molecular formula is C11H15N3O5S. The first-order valence-electron chi connectivity index (χ1n) is 5.27. The monoisotopic (exact) mass is 301 g/mol. The van der Waals surface area contributed by atoms with Gasteiger partial charge in [-0.2, -0.15) is 8.42 Å². The van der Waals surface area contributed by atoms with Gasteiger partial charge in [0.1, 0.15) is 10.6 Å². The van der Waals surface area contributed by atoms with Crippen LogP contribution in [0.15, 0.2) is 23.1 Å². The molecule has 0 saturated carbocycles. The van der Waals surface area contributed by atoms with Gasteiger partial charge in [0.2, 0.25) is 0 Å². The van der Waals surface area contributed by atoms with Crippen molar-refractivity contribution in [3.63, 3.8) is 0 Å². The van der Waals surface area contributed by atoms with E-state index in [4.69, 9.17) is 21.2 Å². The van der Waals surface area contributed by atoms with Crippen LogP contribution in [0.2, 0.25) is 0 Å². The molecule has 9 heteroatoms. The first kappa shape index (κ1) is 16.0. The van der Waals surface area contributed by atoms with E-state index in [0.29, 0.717) is 22.0 Å². The van der Waals surface area contributed by atoms with E-state index in [1.54, 1.807) is 13.0 Å². The van der Waals surface area contributed by atoms with Gasteiger partial charge >= 0.3 is 0 Å². The predicted octanol–water partition coefficient (Wildman–Crippen LogP) is 0.599. The minimum absolute atomic E-state index is 0.380. The van der Waals surface area contributed by atoms with Crippen LogP contribution < -0.4 is 17.4 Å². The molecule has 2 aromatic carbocycles. The number of aromatic hydroxyl groups is 1. The molecule has 0 atom stereocenters. The number of phenols is 1. The summed E-state index contributed by atoms with van der Waals surface area (Å²) in [6.45, 7) is 1.68. The molecule has 0 spiro atoms. The Morgan fingerprint density at radius 1 is 1.10 bits per heavy atom. The van der Waals surface area contributed by atoms with Crippen LogP contribution >= 0.6 is 0 Å². The second kappa shape index (κ2) is 5.51. The van der Waals surface area contributed by atoms with Gasteiger partial charge in [-0.3, -0.25) is 4.55 Å². The minimum atomic E-state index is -4.50. The number of nitrogens with two attached hydrogens (primary N) is 3. The molecule has 0 aromatic heterocycles. The van der Waals surface area contributed by atoms with E-state index in [9.17, 15) is 13.5 Å². The lowest BCUT2D eigenvalue weighted by Gasteiger charge is -2.11. The third-order valence-corrected chi connectivity index (χ3v) is 3.78. The van der Waals surface area contributed by atoms with Crippen LogP contribution in [0, 0.1) is 6.92 Å². The van der Waals surface area contributed by atoms with Gasteiger partial charge in [-0.25, -0.2) is 5.90 Å². The molecule has 0 bridgehead atoms. The summed E-state index contributed by atoms with van der Waals surface area (Å²) < 4.78 is 31.4. The fourth-order valence-electron chi connectivity index (χ4n) is 1.82. The zero-order valence-corrected chi connectivity index (χ0v) is 11.3. The third kappa shape index (κ3) is 2.60. The van der Waals surface area contributed by atoms with Crippen molar-refractivity contribution in [2.75, 3.05) is 11.5 Å². The molecule has 2 rings (SSSR count). The second-order valence-corrected chi connectivity index (χ2v) is 5.38. The Morgan fingerprint density at radius 2 is 1.65 bits per heavy atom. The molecule has 0 aliphatic carbocycles. The van der Waals surface area contributed by atoms with Crippen molar-refractivity contribution in [3.8, 4) is 5.75 Å². The highest BCUT2D eigenvalue weighted by atomic mass is 32.2. The normalized spacial score (nSPS) is 11.0. The van der Waals surface area contributed by atoms with Crippen molar-refractivity contribution in [1.29, 1.82) is 0 Å². The van der Waals surface area contributed by atoms with Crippen LogP contribution in [-0.4, -0.2) is 23.3 Å². The Bertz CT molecular complexity index is 758. The molecule has 2 aromatic rings. The van der Waals surface area contributed by atoms with Gasteiger partial charge in [0, 0.05) is 11.1 Å².